The van der Waals surface area contributed by atoms with Crippen molar-refractivity contribution in [2.45, 2.75) is 18.8 Å². The molecule has 0 bridgehead atoms. The molecule has 1 aliphatic rings. The van der Waals surface area contributed by atoms with Crippen LogP contribution in [-0.4, -0.2) is 25.2 Å². The largest absolute Gasteiger partial charge is 0.496 e. The average molecular weight is 227 g/mol. The van der Waals surface area contributed by atoms with E-state index >= 15 is 0 Å². The Morgan fingerprint density at radius 3 is 2.87 bits per heavy atom. The van der Waals surface area contributed by atoms with Crippen LogP contribution >= 0.6 is 11.6 Å². The highest BCUT2D eigenvalue weighted by Gasteiger charge is 2.22. The van der Waals surface area contributed by atoms with Crippen LogP contribution in [-0.2, 0) is 0 Å². The van der Waals surface area contributed by atoms with Crippen LogP contribution in [0.2, 0.25) is 5.15 Å². The molecule has 0 saturated carbocycles. The summed E-state index contributed by atoms with van der Waals surface area (Å²) >= 11 is 6.13. The second-order valence-corrected chi connectivity index (χ2v) is 4.10. The van der Waals surface area contributed by atoms with Gasteiger partial charge in [-0.2, -0.15) is 0 Å². The molecule has 1 saturated heterocycles. The molecule has 82 valence electrons. The van der Waals surface area contributed by atoms with Crippen molar-refractivity contribution < 1.29 is 4.74 Å². The second-order valence-electron chi connectivity index (χ2n) is 3.74. The molecule has 1 aromatic rings. The molecular formula is C11H15ClN2O. The van der Waals surface area contributed by atoms with Crippen LogP contribution in [0.5, 0.6) is 5.75 Å². The number of hydrogen-bond acceptors (Lipinski definition) is 3. The van der Waals surface area contributed by atoms with Crippen molar-refractivity contribution in [3.05, 3.63) is 23.0 Å². The number of rotatable bonds is 2. The summed E-state index contributed by atoms with van der Waals surface area (Å²) in [5, 5.41) is 3.92. The summed E-state index contributed by atoms with van der Waals surface area (Å²) in [4.78, 5) is 4.13. The molecule has 2 rings (SSSR count). The van der Waals surface area contributed by atoms with E-state index in [2.05, 4.69) is 10.3 Å². The first-order chi connectivity index (χ1) is 7.33. The molecule has 0 unspecified atom stereocenters. The number of nitrogens with one attached hydrogen (secondary N) is 1. The van der Waals surface area contributed by atoms with Gasteiger partial charge in [-0.1, -0.05) is 11.6 Å². The third-order valence-electron chi connectivity index (χ3n) is 2.87. The van der Waals surface area contributed by atoms with Crippen LogP contribution in [0, 0.1) is 0 Å². The maximum Gasteiger partial charge on any atom is 0.136 e. The summed E-state index contributed by atoms with van der Waals surface area (Å²) in [7, 11) is 1.68. The molecule has 0 aromatic carbocycles. The number of ether oxygens (including phenoxy) is 1. The molecule has 0 atom stereocenters. The van der Waals surface area contributed by atoms with Crippen molar-refractivity contribution in [3.8, 4) is 5.75 Å². The standard InChI is InChI=1S/C11H15ClN2O/c1-15-9-4-7-14-11(12)10(9)8-2-5-13-6-3-8/h4,7-8,13H,2-3,5-6H2,1H3. The lowest BCUT2D eigenvalue weighted by atomic mass is 9.91. The van der Waals surface area contributed by atoms with E-state index in [0.29, 0.717) is 11.1 Å². The van der Waals surface area contributed by atoms with Crippen LogP contribution in [0.15, 0.2) is 12.3 Å². The zero-order valence-electron chi connectivity index (χ0n) is 8.79. The number of methoxy groups -OCH3 is 1. The molecule has 1 fully saturated rings. The van der Waals surface area contributed by atoms with Gasteiger partial charge >= 0.3 is 0 Å². The molecule has 0 radical (unpaired) electrons. The molecule has 0 spiro atoms. The van der Waals surface area contributed by atoms with Crippen molar-refractivity contribution >= 4 is 11.6 Å². The molecule has 2 heterocycles. The minimum Gasteiger partial charge on any atom is -0.496 e. The van der Waals surface area contributed by atoms with E-state index in [0.717, 1.165) is 37.2 Å². The Morgan fingerprint density at radius 2 is 2.20 bits per heavy atom. The van der Waals surface area contributed by atoms with Gasteiger partial charge < -0.3 is 10.1 Å². The highest BCUT2D eigenvalue weighted by Crippen LogP contribution is 2.36. The Morgan fingerprint density at radius 1 is 1.47 bits per heavy atom. The van der Waals surface area contributed by atoms with Gasteiger partial charge in [0.2, 0.25) is 0 Å². The van der Waals surface area contributed by atoms with Crippen molar-refractivity contribution in [1.29, 1.82) is 0 Å². The summed E-state index contributed by atoms with van der Waals surface area (Å²) in [6.45, 7) is 2.08. The molecule has 3 nitrogen and oxygen atoms in total. The number of nitrogens with zero attached hydrogens (tertiary/aromatic N) is 1. The second kappa shape index (κ2) is 4.81. The predicted octanol–water partition coefficient (Wildman–Crippen LogP) is 2.21. The van der Waals surface area contributed by atoms with E-state index in [1.165, 1.54) is 0 Å². The van der Waals surface area contributed by atoms with E-state index in [9.17, 15) is 0 Å². The van der Waals surface area contributed by atoms with Crippen LogP contribution in [0.1, 0.15) is 24.3 Å². The fraction of sp³-hybridized carbons (Fsp3) is 0.545. The first-order valence-electron chi connectivity index (χ1n) is 5.22. The number of hydrogen-bond donors (Lipinski definition) is 1. The van der Waals surface area contributed by atoms with Gasteiger partial charge in [0.15, 0.2) is 0 Å². The fourth-order valence-corrected chi connectivity index (χ4v) is 2.39. The number of aromatic nitrogens is 1. The minimum atomic E-state index is 0.474. The lowest BCUT2D eigenvalue weighted by Crippen LogP contribution is -2.27. The molecule has 0 aliphatic carbocycles. The Labute approximate surface area is 94.8 Å². The lowest BCUT2D eigenvalue weighted by Gasteiger charge is -2.24. The molecule has 15 heavy (non-hydrogen) atoms. The van der Waals surface area contributed by atoms with Gasteiger partial charge in [-0.25, -0.2) is 4.98 Å². The van der Waals surface area contributed by atoms with Gasteiger partial charge in [-0.05, 0) is 37.9 Å². The van der Waals surface area contributed by atoms with E-state index in [1.807, 2.05) is 6.07 Å². The van der Waals surface area contributed by atoms with E-state index < -0.39 is 0 Å². The maximum atomic E-state index is 6.13. The topological polar surface area (TPSA) is 34.1 Å². The first kappa shape index (κ1) is 10.7. The van der Waals surface area contributed by atoms with Gasteiger partial charge in [0.25, 0.3) is 0 Å². The highest BCUT2D eigenvalue weighted by atomic mass is 35.5. The lowest BCUT2D eigenvalue weighted by molar-refractivity contribution is 0.390. The van der Waals surface area contributed by atoms with Crippen molar-refractivity contribution in [1.82, 2.24) is 10.3 Å². The van der Waals surface area contributed by atoms with Crippen LogP contribution in [0.3, 0.4) is 0 Å². The highest BCUT2D eigenvalue weighted by molar-refractivity contribution is 6.30. The third kappa shape index (κ3) is 2.24. The monoisotopic (exact) mass is 226 g/mol. The molecule has 1 aliphatic heterocycles. The Balaban J connectivity index is 2.31. The van der Waals surface area contributed by atoms with E-state index in [-0.39, 0.29) is 0 Å². The molecule has 1 aromatic heterocycles. The first-order valence-corrected chi connectivity index (χ1v) is 5.60. The molecule has 4 heteroatoms. The van der Waals surface area contributed by atoms with Gasteiger partial charge in [-0.3, -0.25) is 0 Å². The number of pyridine rings is 1. The summed E-state index contributed by atoms with van der Waals surface area (Å²) in [6, 6.07) is 1.88. The number of piperidine rings is 1. The average Bonchev–Trinajstić information content (AvgIpc) is 2.29. The van der Waals surface area contributed by atoms with Crippen LogP contribution in [0.4, 0.5) is 0 Å². The van der Waals surface area contributed by atoms with Crippen molar-refractivity contribution in [2.75, 3.05) is 20.2 Å². The summed E-state index contributed by atoms with van der Waals surface area (Å²) in [5.41, 5.74) is 1.07. The van der Waals surface area contributed by atoms with Crippen LogP contribution < -0.4 is 10.1 Å². The fourth-order valence-electron chi connectivity index (χ4n) is 2.09. The van der Waals surface area contributed by atoms with Crippen molar-refractivity contribution in [3.63, 3.8) is 0 Å². The molecule has 1 N–H and O–H groups in total. The Kier molecular flexibility index (Phi) is 3.44. The summed E-state index contributed by atoms with van der Waals surface area (Å²) < 4.78 is 5.33. The Hall–Kier alpha value is -0.800. The quantitative estimate of drug-likeness (QED) is 0.786. The van der Waals surface area contributed by atoms with Gasteiger partial charge in [0.1, 0.15) is 10.9 Å². The summed E-state index contributed by atoms with van der Waals surface area (Å²) in [6.07, 6.45) is 3.88. The van der Waals surface area contributed by atoms with Gasteiger partial charge in [0.05, 0.1) is 7.11 Å². The zero-order valence-corrected chi connectivity index (χ0v) is 9.55. The van der Waals surface area contributed by atoms with Crippen molar-refractivity contribution in [2.24, 2.45) is 0 Å². The van der Waals surface area contributed by atoms with Crippen LogP contribution in [0.25, 0.3) is 0 Å². The normalized spacial score (nSPS) is 17.7. The van der Waals surface area contributed by atoms with E-state index in [4.69, 9.17) is 16.3 Å². The third-order valence-corrected chi connectivity index (χ3v) is 3.17. The smallest absolute Gasteiger partial charge is 0.136 e. The molecular weight excluding hydrogens is 212 g/mol. The maximum absolute atomic E-state index is 6.13. The van der Waals surface area contributed by atoms with Gasteiger partial charge in [0, 0.05) is 11.8 Å². The van der Waals surface area contributed by atoms with Gasteiger partial charge in [-0.15, -0.1) is 0 Å². The zero-order chi connectivity index (χ0) is 10.7. The number of halogens is 1. The minimum absolute atomic E-state index is 0.474. The Bertz CT molecular complexity index is 337. The predicted molar refractivity (Wildman–Crippen MR) is 60.6 cm³/mol. The van der Waals surface area contributed by atoms with E-state index in [1.54, 1.807) is 13.3 Å². The SMILES string of the molecule is COc1ccnc(Cl)c1C1CCNCC1. The summed E-state index contributed by atoms with van der Waals surface area (Å²) in [5.74, 6) is 1.34. The molecule has 0 amide bonds.